The van der Waals surface area contributed by atoms with Gasteiger partial charge in [0.05, 0.1) is 5.38 Å². The summed E-state index contributed by atoms with van der Waals surface area (Å²) in [6.45, 7) is 0. The maximum atomic E-state index is 13.6. The van der Waals surface area contributed by atoms with Gasteiger partial charge in [-0.05, 0) is 36.2 Å². The Labute approximate surface area is 114 Å². The number of alkyl halides is 1. The zero-order valence-corrected chi connectivity index (χ0v) is 10.8. The van der Waals surface area contributed by atoms with Crippen LogP contribution in [0.25, 0.3) is 0 Å². The predicted molar refractivity (Wildman–Crippen MR) is 70.1 cm³/mol. The minimum atomic E-state index is -0.652. The van der Waals surface area contributed by atoms with Crippen LogP contribution in [0, 0.1) is 11.6 Å². The van der Waals surface area contributed by atoms with E-state index >= 15 is 0 Å². The van der Waals surface area contributed by atoms with Crippen molar-refractivity contribution in [2.24, 2.45) is 0 Å². The summed E-state index contributed by atoms with van der Waals surface area (Å²) >= 11 is 11.9. The van der Waals surface area contributed by atoms with Crippen LogP contribution in [0.2, 0.25) is 5.02 Å². The normalized spacial score (nSPS) is 12.4. The number of hydrogen-bond donors (Lipinski definition) is 0. The average Bonchev–Trinajstić information content (AvgIpc) is 2.35. The van der Waals surface area contributed by atoms with Crippen molar-refractivity contribution in [3.8, 4) is 0 Å². The van der Waals surface area contributed by atoms with E-state index in [4.69, 9.17) is 23.2 Å². The van der Waals surface area contributed by atoms with Gasteiger partial charge in [0.2, 0.25) is 0 Å². The van der Waals surface area contributed by atoms with E-state index in [2.05, 4.69) is 0 Å². The standard InChI is InChI=1S/C14H10Cl2F2/c15-10-5-6-14(18)11(8-10)12(16)7-9-3-1-2-4-13(9)17/h1-6,8,12H,7H2. The smallest absolute Gasteiger partial charge is 0.128 e. The minimum Gasteiger partial charge on any atom is -0.207 e. The van der Waals surface area contributed by atoms with Crippen molar-refractivity contribution in [1.29, 1.82) is 0 Å². The quantitative estimate of drug-likeness (QED) is 0.685. The monoisotopic (exact) mass is 286 g/mol. The molecule has 4 heteroatoms. The van der Waals surface area contributed by atoms with Gasteiger partial charge in [-0.2, -0.15) is 0 Å². The first-order chi connectivity index (χ1) is 8.58. The van der Waals surface area contributed by atoms with E-state index in [1.165, 1.54) is 24.3 Å². The SMILES string of the molecule is Fc1ccccc1CC(Cl)c1cc(Cl)ccc1F. The maximum absolute atomic E-state index is 13.6. The lowest BCUT2D eigenvalue weighted by Gasteiger charge is -2.12. The van der Waals surface area contributed by atoms with E-state index in [0.717, 1.165) is 0 Å². The van der Waals surface area contributed by atoms with E-state index in [1.807, 2.05) is 0 Å². The summed E-state index contributed by atoms with van der Waals surface area (Å²) in [4.78, 5) is 0. The zero-order chi connectivity index (χ0) is 13.1. The van der Waals surface area contributed by atoms with Gasteiger partial charge in [-0.3, -0.25) is 0 Å². The van der Waals surface area contributed by atoms with Crippen LogP contribution in [-0.2, 0) is 6.42 Å². The van der Waals surface area contributed by atoms with Gasteiger partial charge in [0.15, 0.2) is 0 Å². The Bertz CT molecular complexity index is 555. The first kappa shape index (κ1) is 13.3. The molecular formula is C14H10Cl2F2. The first-order valence-electron chi connectivity index (χ1n) is 5.40. The molecule has 2 rings (SSSR count). The van der Waals surface area contributed by atoms with Gasteiger partial charge < -0.3 is 0 Å². The lowest BCUT2D eigenvalue weighted by molar-refractivity contribution is 0.592. The minimum absolute atomic E-state index is 0.214. The molecule has 0 aliphatic heterocycles. The third-order valence-corrected chi connectivity index (χ3v) is 3.28. The second-order valence-electron chi connectivity index (χ2n) is 3.93. The van der Waals surface area contributed by atoms with Crippen LogP contribution < -0.4 is 0 Å². The Balaban J connectivity index is 2.25. The molecule has 1 atom stereocenters. The molecule has 0 aliphatic carbocycles. The summed E-state index contributed by atoms with van der Waals surface area (Å²) in [6.07, 6.45) is 0.214. The summed E-state index contributed by atoms with van der Waals surface area (Å²) in [5.74, 6) is -0.777. The van der Waals surface area contributed by atoms with Crippen molar-refractivity contribution in [3.63, 3.8) is 0 Å². The third kappa shape index (κ3) is 3.01. The fourth-order valence-electron chi connectivity index (χ4n) is 1.72. The van der Waals surface area contributed by atoms with Crippen molar-refractivity contribution in [2.75, 3.05) is 0 Å². The molecular weight excluding hydrogens is 277 g/mol. The lowest BCUT2D eigenvalue weighted by atomic mass is 10.0. The molecule has 0 spiro atoms. The largest absolute Gasteiger partial charge is 0.207 e. The van der Waals surface area contributed by atoms with Crippen LogP contribution in [0.3, 0.4) is 0 Å². The summed E-state index contributed by atoms with van der Waals surface area (Å²) in [6, 6.07) is 10.5. The van der Waals surface area contributed by atoms with Gasteiger partial charge in [-0.15, -0.1) is 11.6 Å². The van der Waals surface area contributed by atoms with Crippen molar-refractivity contribution in [1.82, 2.24) is 0 Å². The van der Waals surface area contributed by atoms with Crippen molar-refractivity contribution in [2.45, 2.75) is 11.8 Å². The van der Waals surface area contributed by atoms with Crippen LogP contribution in [0.4, 0.5) is 8.78 Å². The molecule has 0 saturated heterocycles. The summed E-state index contributed by atoms with van der Waals surface area (Å²) in [7, 11) is 0. The molecule has 0 aromatic heterocycles. The van der Waals surface area contributed by atoms with E-state index in [0.29, 0.717) is 10.6 Å². The highest BCUT2D eigenvalue weighted by Gasteiger charge is 2.15. The Hall–Kier alpha value is -1.12. The maximum Gasteiger partial charge on any atom is 0.128 e. The highest BCUT2D eigenvalue weighted by atomic mass is 35.5. The molecule has 2 aromatic carbocycles. The molecule has 0 bridgehead atoms. The van der Waals surface area contributed by atoms with Gasteiger partial charge in [0, 0.05) is 10.6 Å². The molecule has 0 nitrogen and oxygen atoms in total. The van der Waals surface area contributed by atoms with Gasteiger partial charge in [0.1, 0.15) is 11.6 Å². The molecule has 0 amide bonds. The van der Waals surface area contributed by atoms with Crippen LogP contribution in [-0.4, -0.2) is 0 Å². The molecule has 1 unspecified atom stereocenters. The van der Waals surface area contributed by atoms with Crippen molar-refractivity contribution in [3.05, 3.63) is 70.2 Å². The summed E-state index contributed by atoms with van der Waals surface area (Å²) < 4.78 is 27.1. The van der Waals surface area contributed by atoms with Gasteiger partial charge >= 0.3 is 0 Å². The van der Waals surface area contributed by atoms with Crippen LogP contribution >= 0.6 is 23.2 Å². The Morgan fingerprint density at radius 2 is 1.72 bits per heavy atom. The number of halogens is 4. The molecule has 0 saturated carbocycles. The first-order valence-corrected chi connectivity index (χ1v) is 6.22. The van der Waals surface area contributed by atoms with E-state index < -0.39 is 11.2 Å². The molecule has 0 aliphatic rings. The fraction of sp³-hybridized carbons (Fsp3) is 0.143. The second-order valence-corrected chi connectivity index (χ2v) is 4.89. The molecule has 0 fully saturated rings. The molecule has 2 aromatic rings. The Morgan fingerprint density at radius 3 is 2.44 bits per heavy atom. The van der Waals surface area contributed by atoms with E-state index in [-0.39, 0.29) is 17.8 Å². The molecule has 0 heterocycles. The molecule has 18 heavy (non-hydrogen) atoms. The topological polar surface area (TPSA) is 0 Å². The average molecular weight is 287 g/mol. The van der Waals surface area contributed by atoms with Gasteiger partial charge in [0.25, 0.3) is 0 Å². The summed E-state index contributed by atoms with van der Waals surface area (Å²) in [5.41, 5.74) is 0.740. The Kier molecular flexibility index (Phi) is 4.20. The fourth-order valence-corrected chi connectivity index (χ4v) is 2.24. The van der Waals surface area contributed by atoms with Crippen molar-refractivity contribution < 1.29 is 8.78 Å². The zero-order valence-electron chi connectivity index (χ0n) is 9.34. The summed E-state index contributed by atoms with van der Waals surface area (Å²) in [5, 5.41) is -0.244. The lowest BCUT2D eigenvalue weighted by Crippen LogP contribution is -2.01. The van der Waals surface area contributed by atoms with Gasteiger partial charge in [-0.1, -0.05) is 29.8 Å². The highest BCUT2D eigenvalue weighted by molar-refractivity contribution is 6.30. The van der Waals surface area contributed by atoms with Crippen molar-refractivity contribution >= 4 is 23.2 Å². The second kappa shape index (κ2) is 5.68. The number of rotatable bonds is 3. The van der Waals surface area contributed by atoms with Crippen LogP contribution in [0.5, 0.6) is 0 Å². The van der Waals surface area contributed by atoms with E-state index in [9.17, 15) is 8.78 Å². The molecule has 94 valence electrons. The van der Waals surface area contributed by atoms with Crippen LogP contribution in [0.1, 0.15) is 16.5 Å². The highest BCUT2D eigenvalue weighted by Crippen LogP contribution is 2.29. The predicted octanol–water partition coefficient (Wildman–Crippen LogP) is 5.14. The number of hydrogen-bond acceptors (Lipinski definition) is 0. The molecule has 0 N–H and O–H groups in total. The Morgan fingerprint density at radius 1 is 1.00 bits per heavy atom. The third-order valence-electron chi connectivity index (χ3n) is 2.65. The van der Waals surface area contributed by atoms with E-state index in [1.54, 1.807) is 18.2 Å². The number of benzene rings is 2. The molecule has 0 radical (unpaired) electrons. The van der Waals surface area contributed by atoms with Gasteiger partial charge in [-0.25, -0.2) is 8.78 Å². The van der Waals surface area contributed by atoms with Crippen LogP contribution in [0.15, 0.2) is 42.5 Å².